The van der Waals surface area contributed by atoms with Gasteiger partial charge in [0.15, 0.2) is 0 Å². The van der Waals surface area contributed by atoms with Crippen molar-refractivity contribution < 1.29 is 9.90 Å². The average molecular weight is 234 g/mol. The molecule has 1 aliphatic carbocycles. The monoisotopic (exact) mass is 234 g/mol. The van der Waals surface area contributed by atoms with Crippen molar-refractivity contribution in [1.29, 1.82) is 0 Å². The number of phenols is 1. The van der Waals surface area contributed by atoms with Gasteiger partial charge < -0.3 is 16.2 Å². The van der Waals surface area contributed by atoms with Gasteiger partial charge >= 0.3 is 0 Å². The van der Waals surface area contributed by atoms with E-state index in [1.54, 1.807) is 12.1 Å². The van der Waals surface area contributed by atoms with Gasteiger partial charge in [-0.1, -0.05) is 25.3 Å². The minimum atomic E-state index is -0.271. The largest absolute Gasteiger partial charge is 0.507 e. The third-order valence-electron chi connectivity index (χ3n) is 3.24. The number of anilines is 1. The van der Waals surface area contributed by atoms with Gasteiger partial charge in [-0.15, -0.1) is 0 Å². The van der Waals surface area contributed by atoms with Crippen LogP contribution in [0.4, 0.5) is 5.69 Å². The summed E-state index contributed by atoms with van der Waals surface area (Å²) in [6, 6.07) is 4.94. The van der Waals surface area contributed by atoms with Crippen LogP contribution in [0.3, 0.4) is 0 Å². The first kappa shape index (κ1) is 11.8. The van der Waals surface area contributed by atoms with Gasteiger partial charge in [-0.3, -0.25) is 4.79 Å². The van der Waals surface area contributed by atoms with Gasteiger partial charge in [0.1, 0.15) is 11.3 Å². The van der Waals surface area contributed by atoms with Crippen molar-refractivity contribution in [3.8, 4) is 5.75 Å². The maximum absolute atomic E-state index is 12.0. The van der Waals surface area contributed by atoms with Crippen molar-refractivity contribution in [2.45, 2.75) is 38.1 Å². The first-order valence-electron chi connectivity index (χ1n) is 6.07. The van der Waals surface area contributed by atoms with Crippen LogP contribution in [0.2, 0.25) is 0 Å². The van der Waals surface area contributed by atoms with E-state index in [0.29, 0.717) is 5.69 Å². The molecule has 0 radical (unpaired) electrons. The summed E-state index contributed by atoms with van der Waals surface area (Å²) in [7, 11) is 0. The summed E-state index contributed by atoms with van der Waals surface area (Å²) in [5.74, 6) is -0.328. The van der Waals surface area contributed by atoms with E-state index in [4.69, 9.17) is 5.73 Å². The van der Waals surface area contributed by atoms with Crippen LogP contribution in [-0.2, 0) is 0 Å². The molecule has 0 atom stereocenters. The van der Waals surface area contributed by atoms with Crippen molar-refractivity contribution in [3.05, 3.63) is 23.8 Å². The Kier molecular flexibility index (Phi) is 3.52. The van der Waals surface area contributed by atoms with Gasteiger partial charge in [-0.05, 0) is 25.0 Å². The Labute approximate surface area is 101 Å². The average Bonchev–Trinajstić information content (AvgIpc) is 2.30. The Bertz CT molecular complexity index is 392. The molecule has 2 rings (SSSR count). The van der Waals surface area contributed by atoms with Gasteiger partial charge in [0.25, 0.3) is 5.91 Å². The van der Waals surface area contributed by atoms with Crippen LogP contribution < -0.4 is 11.1 Å². The molecule has 0 bridgehead atoms. The second-order valence-electron chi connectivity index (χ2n) is 4.55. The highest BCUT2D eigenvalue weighted by atomic mass is 16.3. The molecule has 1 aromatic rings. The number of nitrogens with one attached hydrogen (secondary N) is 1. The summed E-state index contributed by atoms with van der Waals surface area (Å²) in [6.07, 6.45) is 5.58. The quantitative estimate of drug-likeness (QED) is 0.685. The molecular formula is C13H18N2O2. The van der Waals surface area contributed by atoms with Crippen molar-refractivity contribution in [1.82, 2.24) is 5.32 Å². The Balaban J connectivity index is 2.08. The van der Waals surface area contributed by atoms with E-state index in [-0.39, 0.29) is 23.3 Å². The van der Waals surface area contributed by atoms with Crippen LogP contribution in [0.15, 0.2) is 18.2 Å². The highest BCUT2D eigenvalue weighted by Crippen LogP contribution is 2.24. The van der Waals surface area contributed by atoms with Gasteiger partial charge in [0.2, 0.25) is 0 Å². The number of carbonyl (C=O) groups is 1. The first-order valence-corrected chi connectivity index (χ1v) is 6.07. The number of hydrogen-bond donors (Lipinski definition) is 3. The summed E-state index contributed by atoms with van der Waals surface area (Å²) in [5, 5.41) is 12.6. The molecule has 1 saturated carbocycles. The molecule has 0 unspecified atom stereocenters. The van der Waals surface area contributed by atoms with Crippen LogP contribution in [0, 0.1) is 0 Å². The lowest BCUT2D eigenvalue weighted by atomic mass is 9.95. The zero-order valence-electron chi connectivity index (χ0n) is 9.78. The Hall–Kier alpha value is -1.71. The SMILES string of the molecule is Nc1cccc(O)c1C(=O)NC1CCCCC1. The predicted molar refractivity (Wildman–Crippen MR) is 66.9 cm³/mol. The lowest BCUT2D eigenvalue weighted by Gasteiger charge is -2.23. The molecule has 4 nitrogen and oxygen atoms in total. The summed E-state index contributed by atoms with van der Waals surface area (Å²) in [4.78, 5) is 12.0. The molecular weight excluding hydrogens is 216 g/mol. The van der Waals surface area contributed by atoms with E-state index < -0.39 is 0 Å². The normalized spacial score (nSPS) is 16.7. The zero-order valence-corrected chi connectivity index (χ0v) is 9.78. The maximum Gasteiger partial charge on any atom is 0.257 e. The van der Waals surface area contributed by atoms with Crippen LogP contribution in [-0.4, -0.2) is 17.1 Å². The summed E-state index contributed by atoms with van der Waals surface area (Å²) < 4.78 is 0. The van der Waals surface area contributed by atoms with Gasteiger partial charge in [0, 0.05) is 11.7 Å². The number of aromatic hydroxyl groups is 1. The molecule has 4 N–H and O–H groups in total. The molecule has 1 aliphatic rings. The van der Waals surface area contributed by atoms with E-state index in [1.807, 2.05) is 0 Å². The smallest absolute Gasteiger partial charge is 0.257 e. The Morgan fingerprint density at radius 2 is 2.00 bits per heavy atom. The predicted octanol–water partition coefficient (Wildman–Crippen LogP) is 2.04. The van der Waals surface area contributed by atoms with E-state index >= 15 is 0 Å². The first-order chi connectivity index (χ1) is 8.18. The van der Waals surface area contributed by atoms with E-state index in [9.17, 15) is 9.90 Å². The van der Waals surface area contributed by atoms with Crippen LogP contribution >= 0.6 is 0 Å². The number of rotatable bonds is 2. The standard InChI is InChI=1S/C13H18N2O2/c14-10-7-4-8-11(16)12(10)13(17)15-9-5-2-1-3-6-9/h4,7-9,16H,1-3,5-6,14H2,(H,15,17). The number of nitrogen functional groups attached to an aromatic ring is 1. The molecule has 0 aromatic heterocycles. The van der Waals surface area contributed by atoms with Crippen LogP contribution in [0.25, 0.3) is 0 Å². The molecule has 1 fully saturated rings. The molecule has 0 saturated heterocycles. The minimum Gasteiger partial charge on any atom is -0.507 e. The van der Waals surface area contributed by atoms with Crippen molar-refractivity contribution in [3.63, 3.8) is 0 Å². The third kappa shape index (κ3) is 2.70. The number of hydrogen-bond acceptors (Lipinski definition) is 3. The zero-order chi connectivity index (χ0) is 12.3. The maximum atomic E-state index is 12.0. The molecule has 4 heteroatoms. The second kappa shape index (κ2) is 5.08. The molecule has 1 amide bonds. The Morgan fingerprint density at radius 3 is 2.65 bits per heavy atom. The topological polar surface area (TPSA) is 75.3 Å². The fourth-order valence-corrected chi connectivity index (χ4v) is 2.31. The van der Waals surface area contributed by atoms with Crippen LogP contribution in [0.1, 0.15) is 42.5 Å². The van der Waals surface area contributed by atoms with E-state index in [1.165, 1.54) is 12.5 Å². The summed E-state index contributed by atoms with van der Waals surface area (Å²) in [5.41, 5.74) is 6.22. The fourth-order valence-electron chi connectivity index (χ4n) is 2.31. The van der Waals surface area contributed by atoms with Gasteiger partial charge in [-0.2, -0.15) is 0 Å². The van der Waals surface area contributed by atoms with E-state index in [0.717, 1.165) is 25.7 Å². The number of benzene rings is 1. The highest BCUT2D eigenvalue weighted by Gasteiger charge is 2.20. The van der Waals surface area contributed by atoms with Crippen molar-refractivity contribution >= 4 is 11.6 Å². The van der Waals surface area contributed by atoms with Crippen molar-refractivity contribution in [2.75, 3.05) is 5.73 Å². The lowest BCUT2D eigenvalue weighted by molar-refractivity contribution is 0.0926. The molecule has 92 valence electrons. The molecule has 17 heavy (non-hydrogen) atoms. The Morgan fingerprint density at radius 1 is 1.29 bits per heavy atom. The van der Waals surface area contributed by atoms with E-state index in [2.05, 4.69) is 5.32 Å². The number of amides is 1. The van der Waals surface area contributed by atoms with Gasteiger partial charge in [-0.25, -0.2) is 0 Å². The molecule has 1 aromatic carbocycles. The fraction of sp³-hybridized carbons (Fsp3) is 0.462. The third-order valence-corrected chi connectivity index (χ3v) is 3.24. The summed E-state index contributed by atoms with van der Waals surface area (Å²) in [6.45, 7) is 0. The number of carbonyl (C=O) groups excluding carboxylic acids is 1. The molecule has 0 spiro atoms. The van der Waals surface area contributed by atoms with Crippen LogP contribution in [0.5, 0.6) is 5.75 Å². The molecule has 0 heterocycles. The van der Waals surface area contributed by atoms with Gasteiger partial charge in [0.05, 0.1) is 0 Å². The lowest BCUT2D eigenvalue weighted by Crippen LogP contribution is -2.36. The number of nitrogens with two attached hydrogens (primary N) is 1. The summed E-state index contributed by atoms with van der Waals surface area (Å²) >= 11 is 0. The minimum absolute atomic E-state index is 0.0571. The number of phenolic OH excluding ortho intramolecular Hbond substituents is 1. The molecule has 0 aliphatic heterocycles. The highest BCUT2D eigenvalue weighted by molar-refractivity contribution is 6.01. The van der Waals surface area contributed by atoms with Crippen molar-refractivity contribution in [2.24, 2.45) is 0 Å². The second-order valence-corrected chi connectivity index (χ2v) is 4.55.